The minimum absolute atomic E-state index is 0.146. The number of amides is 1. The van der Waals surface area contributed by atoms with Crippen LogP contribution in [0.4, 0.5) is 0 Å². The standard InChI is InChI=1S/C15H18BrNO2/c1-10-6-12(16)3-5-14(10)15(18)17-7-11-2-4-13(8-17)19-9-11/h3,5-6,11,13H,2,4,7-9H2,1H3. The number of carbonyl (C=O) groups excluding carboxylic acids is 1. The summed E-state index contributed by atoms with van der Waals surface area (Å²) < 4.78 is 6.78. The third-order valence-corrected chi connectivity index (χ3v) is 4.57. The summed E-state index contributed by atoms with van der Waals surface area (Å²) in [6, 6.07) is 5.84. The van der Waals surface area contributed by atoms with Crippen LogP contribution in [-0.4, -0.2) is 36.6 Å². The molecule has 3 heterocycles. The Bertz CT molecular complexity index is 481. The minimum Gasteiger partial charge on any atom is -0.376 e. The van der Waals surface area contributed by atoms with Crippen molar-refractivity contribution in [3.05, 3.63) is 33.8 Å². The van der Waals surface area contributed by atoms with E-state index >= 15 is 0 Å². The smallest absolute Gasteiger partial charge is 0.254 e. The molecule has 2 atom stereocenters. The quantitative estimate of drug-likeness (QED) is 0.795. The highest BCUT2D eigenvalue weighted by atomic mass is 79.9. The first-order valence-electron chi connectivity index (χ1n) is 6.80. The maximum atomic E-state index is 12.7. The van der Waals surface area contributed by atoms with Gasteiger partial charge in [0, 0.05) is 29.0 Å². The van der Waals surface area contributed by atoms with Gasteiger partial charge in [0.1, 0.15) is 0 Å². The number of rotatable bonds is 1. The summed E-state index contributed by atoms with van der Waals surface area (Å²) in [6.45, 7) is 4.38. The lowest BCUT2D eigenvalue weighted by molar-refractivity contribution is 0.00468. The van der Waals surface area contributed by atoms with Crippen LogP contribution in [0.15, 0.2) is 22.7 Å². The molecule has 3 fully saturated rings. The Labute approximate surface area is 122 Å². The van der Waals surface area contributed by atoms with Gasteiger partial charge in [-0.05, 0) is 43.5 Å². The lowest BCUT2D eigenvalue weighted by Gasteiger charge is -2.23. The molecule has 1 aromatic rings. The molecule has 0 radical (unpaired) electrons. The van der Waals surface area contributed by atoms with Crippen molar-refractivity contribution in [3.8, 4) is 0 Å². The lowest BCUT2D eigenvalue weighted by atomic mass is 10.0. The van der Waals surface area contributed by atoms with E-state index in [0.717, 1.165) is 41.7 Å². The molecule has 3 nitrogen and oxygen atoms in total. The third kappa shape index (κ3) is 2.70. The first-order chi connectivity index (χ1) is 9.13. The van der Waals surface area contributed by atoms with Gasteiger partial charge in [-0.2, -0.15) is 0 Å². The average molecular weight is 324 g/mol. The third-order valence-electron chi connectivity index (χ3n) is 4.07. The first-order valence-corrected chi connectivity index (χ1v) is 7.60. The molecule has 0 N–H and O–H groups in total. The summed E-state index contributed by atoms with van der Waals surface area (Å²) in [5.74, 6) is 0.658. The normalized spacial score (nSPS) is 26.3. The molecular formula is C15H18BrNO2. The van der Waals surface area contributed by atoms with Crippen LogP contribution in [0.25, 0.3) is 0 Å². The van der Waals surface area contributed by atoms with Crippen LogP contribution in [0.1, 0.15) is 28.8 Å². The van der Waals surface area contributed by atoms with Crippen molar-refractivity contribution in [3.63, 3.8) is 0 Å². The van der Waals surface area contributed by atoms with Gasteiger partial charge in [-0.25, -0.2) is 0 Å². The van der Waals surface area contributed by atoms with E-state index < -0.39 is 0 Å². The summed E-state index contributed by atoms with van der Waals surface area (Å²) >= 11 is 3.44. The van der Waals surface area contributed by atoms with Crippen LogP contribution in [0.5, 0.6) is 0 Å². The second kappa shape index (κ2) is 5.25. The van der Waals surface area contributed by atoms with Crippen molar-refractivity contribution >= 4 is 21.8 Å². The predicted molar refractivity (Wildman–Crippen MR) is 77.2 cm³/mol. The Kier molecular flexibility index (Phi) is 3.63. The largest absolute Gasteiger partial charge is 0.376 e. The van der Waals surface area contributed by atoms with E-state index in [-0.39, 0.29) is 12.0 Å². The maximum absolute atomic E-state index is 12.7. The lowest BCUT2D eigenvalue weighted by Crippen LogP contribution is -2.36. The van der Waals surface area contributed by atoms with Crippen molar-refractivity contribution in [1.29, 1.82) is 0 Å². The highest BCUT2D eigenvalue weighted by Crippen LogP contribution is 2.27. The van der Waals surface area contributed by atoms with Gasteiger partial charge in [0.2, 0.25) is 0 Å². The van der Waals surface area contributed by atoms with Gasteiger partial charge in [0.15, 0.2) is 0 Å². The van der Waals surface area contributed by atoms with Crippen molar-refractivity contribution in [1.82, 2.24) is 4.90 Å². The Morgan fingerprint density at radius 1 is 1.37 bits per heavy atom. The number of fused-ring (bicyclic) bond motifs is 4. The number of hydrogen-bond acceptors (Lipinski definition) is 2. The molecule has 3 saturated heterocycles. The van der Waals surface area contributed by atoms with Crippen molar-refractivity contribution in [2.75, 3.05) is 19.7 Å². The van der Waals surface area contributed by atoms with Gasteiger partial charge in [-0.1, -0.05) is 15.9 Å². The molecule has 1 aromatic carbocycles. The van der Waals surface area contributed by atoms with Gasteiger partial charge in [0.05, 0.1) is 12.7 Å². The molecule has 102 valence electrons. The molecule has 3 aliphatic heterocycles. The summed E-state index contributed by atoms with van der Waals surface area (Å²) in [7, 11) is 0. The molecule has 0 aromatic heterocycles. The first kappa shape index (κ1) is 13.1. The van der Waals surface area contributed by atoms with Crippen LogP contribution in [0.2, 0.25) is 0 Å². The van der Waals surface area contributed by atoms with Crippen molar-refractivity contribution in [2.24, 2.45) is 5.92 Å². The van der Waals surface area contributed by atoms with Crippen LogP contribution >= 0.6 is 15.9 Å². The Morgan fingerprint density at radius 2 is 2.21 bits per heavy atom. The van der Waals surface area contributed by atoms with Crippen molar-refractivity contribution in [2.45, 2.75) is 25.9 Å². The molecule has 1 amide bonds. The van der Waals surface area contributed by atoms with E-state index in [1.165, 1.54) is 6.42 Å². The average Bonchev–Trinajstić information content (AvgIpc) is 2.71. The van der Waals surface area contributed by atoms with Gasteiger partial charge in [0.25, 0.3) is 5.91 Å². The van der Waals surface area contributed by atoms with E-state index in [0.29, 0.717) is 5.92 Å². The highest BCUT2D eigenvalue weighted by Gasteiger charge is 2.32. The van der Waals surface area contributed by atoms with Crippen LogP contribution < -0.4 is 0 Å². The van der Waals surface area contributed by atoms with E-state index in [1.54, 1.807) is 0 Å². The van der Waals surface area contributed by atoms with E-state index in [2.05, 4.69) is 15.9 Å². The molecule has 2 unspecified atom stereocenters. The Morgan fingerprint density at radius 3 is 2.89 bits per heavy atom. The monoisotopic (exact) mass is 323 g/mol. The Balaban J connectivity index is 1.83. The number of ether oxygens (including phenoxy) is 1. The van der Waals surface area contributed by atoms with E-state index in [9.17, 15) is 4.79 Å². The van der Waals surface area contributed by atoms with Gasteiger partial charge >= 0.3 is 0 Å². The van der Waals surface area contributed by atoms with E-state index in [4.69, 9.17) is 4.74 Å². The number of halogens is 1. The second-order valence-corrected chi connectivity index (χ2v) is 6.48. The number of aryl methyl sites for hydroxylation is 1. The zero-order chi connectivity index (χ0) is 13.4. The van der Waals surface area contributed by atoms with Gasteiger partial charge in [-0.15, -0.1) is 0 Å². The molecule has 19 heavy (non-hydrogen) atoms. The Hall–Kier alpha value is -0.870. The second-order valence-electron chi connectivity index (χ2n) is 5.57. The predicted octanol–water partition coefficient (Wildman–Crippen LogP) is 3.01. The SMILES string of the molecule is Cc1cc(Br)ccc1C(=O)N1CC2CCC(C1)OC2. The van der Waals surface area contributed by atoms with Crippen LogP contribution in [0, 0.1) is 12.8 Å². The van der Waals surface area contributed by atoms with E-state index in [1.807, 2.05) is 30.0 Å². The fourth-order valence-electron chi connectivity index (χ4n) is 2.98. The minimum atomic E-state index is 0.146. The summed E-state index contributed by atoms with van der Waals surface area (Å²) in [4.78, 5) is 14.6. The van der Waals surface area contributed by atoms with Crippen LogP contribution in [0.3, 0.4) is 0 Å². The molecule has 4 heteroatoms. The molecule has 0 saturated carbocycles. The van der Waals surface area contributed by atoms with Gasteiger partial charge in [-0.3, -0.25) is 4.79 Å². The molecular weight excluding hydrogens is 306 g/mol. The fraction of sp³-hybridized carbons (Fsp3) is 0.533. The number of benzene rings is 1. The topological polar surface area (TPSA) is 29.5 Å². The van der Waals surface area contributed by atoms with Gasteiger partial charge < -0.3 is 9.64 Å². The molecule has 3 aliphatic rings. The summed E-state index contributed by atoms with van der Waals surface area (Å²) in [5, 5.41) is 0. The molecule has 2 bridgehead atoms. The fourth-order valence-corrected chi connectivity index (χ4v) is 3.46. The van der Waals surface area contributed by atoms with Crippen molar-refractivity contribution < 1.29 is 9.53 Å². The zero-order valence-electron chi connectivity index (χ0n) is 11.1. The summed E-state index contributed by atoms with van der Waals surface area (Å²) in [5.41, 5.74) is 1.83. The highest BCUT2D eigenvalue weighted by molar-refractivity contribution is 9.10. The molecule has 0 spiro atoms. The molecule has 0 aliphatic carbocycles. The zero-order valence-corrected chi connectivity index (χ0v) is 12.6. The van der Waals surface area contributed by atoms with Crippen LogP contribution in [-0.2, 0) is 4.74 Å². The number of hydrogen-bond donors (Lipinski definition) is 0. The summed E-state index contributed by atoms with van der Waals surface area (Å²) in [6.07, 6.45) is 2.51. The molecule has 4 rings (SSSR count). The number of nitrogens with zero attached hydrogens (tertiary/aromatic N) is 1. The number of carbonyl (C=O) groups is 1. The maximum Gasteiger partial charge on any atom is 0.254 e.